The smallest absolute Gasteiger partial charge is 0.269 e. The Balaban J connectivity index is 1.59. The summed E-state index contributed by atoms with van der Waals surface area (Å²) in [6.45, 7) is 3.02. The lowest BCUT2D eigenvalue weighted by atomic mass is 10.1. The lowest BCUT2D eigenvalue weighted by Crippen LogP contribution is -2.45. The van der Waals surface area contributed by atoms with Gasteiger partial charge in [0.15, 0.2) is 11.5 Å². The highest BCUT2D eigenvalue weighted by atomic mass is 16.6. The van der Waals surface area contributed by atoms with E-state index in [9.17, 15) is 10.1 Å². The van der Waals surface area contributed by atoms with E-state index in [1.165, 1.54) is 6.07 Å². The first-order valence-corrected chi connectivity index (χ1v) is 7.48. The Labute approximate surface area is 134 Å². The van der Waals surface area contributed by atoms with Crippen molar-refractivity contribution >= 4 is 5.69 Å². The number of nitrogens with one attached hydrogen (secondary N) is 1. The van der Waals surface area contributed by atoms with Crippen LogP contribution in [-0.2, 0) is 6.54 Å². The summed E-state index contributed by atoms with van der Waals surface area (Å²) in [6.07, 6.45) is -0.108. The van der Waals surface area contributed by atoms with Crippen molar-refractivity contribution in [2.24, 2.45) is 0 Å². The van der Waals surface area contributed by atoms with Gasteiger partial charge in [0.1, 0.15) is 12.7 Å². The van der Waals surface area contributed by atoms with Crippen LogP contribution in [0, 0.1) is 10.1 Å². The molecule has 0 aromatic heterocycles. The van der Waals surface area contributed by atoms with Crippen molar-refractivity contribution in [3.8, 4) is 11.5 Å². The summed E-state index contributed by atoms with van der Waals surface area (Å²) < 4.78 is 11.7. The Bertz CT molecular complexity index is 704. The fourth-order valence-electron chi connectivity index (χ4n) is 2.47. The van der Waals surface area contributed by atoms with Gasteiger partial charge in [0.05, 0.1) is 4.92 Å². The van der Waals surface area contributed by atoms with Gasteiger partial charge in [-0.3, -0.25) is 10.1 Å². The first-order chi connectivity index (χ1) is 11.1. The molecule has 6 nitrogen and oxygen atoms in total. The number of non-ortho nitro benzene ring substituents is 1. The molecule has 0 unspecified atom stereocenters. The zero-order chi connectivity index (χ0) is 16.2. The van der Waals surface area contributed by atoms with Gasteiger partial charge < -0.3 is 14.8 Å². The Morgan fingerprint density at radius 3 is 2.83 bits per heavy atom. The molecule has 1 aliphatic rings. The molecule has 2 atom stereocenters. The van der Waals surface area contributed by atoms with Crippen LogP contribution in [0.4, 0.5) is 5.69 Å². The molecule has 0 radical (unpaired) electrons. The average molecular weight is 314 g/mol. The Kier molecular flexibility index (Phi) is 4.43. The second-order valence-electron chi connectivity index (χ2n) is 5.51. The Morgan fingerprint density at radius 2 is 2.04 bits per heavy atom. The van der Waals surface area contributed by atoms with E-state index in [-0.39, 0.29) is 22.8 Å². The highest BCUT2D eigenvalue weighted by Crippen LogP contribution is 2.31. The molecule has 2 aromatic rings. The fourth-order valence-corrected chi connectivity index (χ4v) is 2.47. The number of nitro groups is 1. The van der Waals surface area contributed by atoms with E-state index < -0.39 is 0 Å². The summed E-state index contributed by atoms with van der Waals surface area (Å²) in [6, 6.07) is 14.2. The third-order valence-electron chi connectivity index (χ3n) is 3.84. The van der Waals surface area contributed by atoms with E-state index in [1.807, 2.05) is 37.3 Å². The number of nitrogens with zero attached hydrogens (tertiary/aromatic N) is 1. The number of ether oxygens (including phenoxy) is 2. The van der Waals surface area contributed by atoms with E-state index in [0.29, 0.717) is 13.2 Å². The molecule has 0 fully saturated rings. The summed E-state index contributed by atoms with van der Waals surface area (Å²) in [7, 11) is 0. The normalized spacial score (nSPS) is 17.5. The van der Waals surface area contributed by atoms with E-state index in [2.05, 4.69) is 5.32 Å². The van der Waals surface area contributed by atoms with Gasteiger partial charge in [-0.05, 0) is 24.6 Å². The quantitative estimate of drug-likeness (QED) is 0.678. The van der Waals surface area contributed by atoms with Crippen LogP contribution in [0.25, 0.3) is 0 Å². The molecular formula is C17H18N2O4. The van der Waals surface area contributed by atoms with Crippen molar-refractivity contribution in [3.05, 3.63) is 64.2 Å². The van der Waals surface area contributed by atoms with Gasteiger partial charge in [0.2, 0.25) is 0 Å². The highest BCUT2D eigenvalue weighted by Gasteiger charge is 2.25. The third kappa shape index (κ3) is 3.60. The predicted octanol–water partition coefficient (Wildman–Crippen LogP) is 2.91. The van der Waals surface area contributed by atoms with Crippen LogP contribution in [0.5, 0.6) is 11.5 Å². The van der Waals surface area contributed by atoms with Gasteiger partial charge >= 0.3 is 0 Å². The summed E-state index contributed by atoms with van der Waals surface area (Å²) >= 11 is 0. The van der Waals surface area contributed by atoms with Crippen molar-refractivity contribution < 1.29 is 14.4 Å². The first kappa shape index (κ1) is 15.3. The molecule has 0 amide bonds. The molecule has 6 heteroatoms. The van der Waals surface area contributed by atoms with Crippen LogP contribution in [0.2, 0.25) is 0 Å². The minimum atomic E-state index is -0.387. The van der Waals surface area contributed by atoms with Gasteiger partial charge in [-0.25, -0.2) is 0 Å². The van der Waals surface area contributed by atoms with E-state index in [4.69, 9.17) is 9.47 Å². The molecule has 0 saturated carbocycles. The molecule has 2 aromatic carbocycles. The van der Waals surface area contributed by atoms with Crippen LogP contribution < -0.4 is 14.8 Å². The Hall–Kier alpha value is -2.60. The number of fused-ring (bicyclic) bond motifs is 1. The van der Waals surface area contributed by atoms with Crippen LogP contribution in [0.3, 0.4) is 0 Å². The maximum atomic E-state index is 10.8. The number of benzene rings is 2. The third-order valence-corrected chi connectivity index (χ3v) is 3.84. The van der Waals surface area contributed by atoms with E-state index >= 15 is 0 Å². The second-order valence-corrected chi connectivity index (χ2v) is 5.51. The van der Waals surface area contributed by atoms with Gasteiger partial charge in [-0.15, -0.1) is 0 Å². The van der Waals surface area contributed by atoms with Crippen molar-refractivity contribution in [2.45, 2.75) is 25.6 Å². The molecule has 120 valence electrons. The minimum Gasteiger partial charge on any atom is -0.486 e. The fraction of sp³-hybridized carbons (Fsp3) is 0.294. The lowest BCUT2D eigenvalue weighted by Gasteiger charge is -2.31. The molecule has 0 spiro atoms. The summed E-state index contributed by atoms with van der Waals surface area (Å²) in [4.78, 5) is 10.4. The van der Waals surface area contributed by atoms with Crippen LogP contribution in [0.15, 0.2) is 48.5 Å². The van der Waals surface area contributed by atoms with Gasteiger partial charge in [0.25, 0.3) is 5.69 Å². The SMILES string of the molecule is C[C@H](NCc1cccc([N+](=O)[O-])c1)[C@@H]1COc2ccccc2O1. The van der Waals surface area contributed by atoms with Gasteiger partial charge in [0, 0.05) is 24.7 Å². The maximum Gasteiger partial charge on any atom is 0.269 e. The topological polar surface area (TPSA) is 73.6 Å². The first-order valence-electron chi connectivity index (χ1n) is 7.48. The van der Waals surface area contributed by atoms with Crippen LogP contribution >= 0.6 is 0 Å². The molecule has 1 aliphatic heterocycles. The van der Waals surface area contributed by atoms with Crippen molar-refractivity contribution in [3.63, 3.8) is 0 Å². The number of hydrogen-bond acceptors (Lipinski definition) is 5. The average Bonchev–Trinajstić information content (AvgIpc) is 2.59. The number of para-hydroxylation sites is 2. The summed E-state index contributed by atoms with van der Waals surface area (Å²) in [5, 5.41) is 14.1. The highest BCUT2D eigenvalue weighted by molar-refractivity contribution is 5.40. The molecular weight excluding hydrogens is 296 g/mol. The second kappa shape index (κ2) is 6.66. The largest absolute Gasteiger partial charge is 0.486 e. The lowest BCUT2D eigenvalue weighted by molar-refractivity contribution is -0.384. The van der Waals surface area contributed by atoms with Crippen molar-refractivity contribution in [1.29, 1.82) is 0 Å². The molecule has 23 heavy (non-hydrogen) atoms. The summed E-state index contributed by atoms with van der Waals surface area (Å²) in [5.74, 6) is 1.50. The monoisotopic (exact) mass is 314 g/mol. The van der Waals surface area contributed by atoms with Gasteiger partial charge in [-0.1, -0.05) is 24.3 Å². The molecule has 0 saturated heterocycles. The summed E-state index contributed by atoms with van der Waals surface area (Å²) in [5.41, 5.74) is 0.964. The molecule has 1 heterocycles. The number of rotatable bonds is 5. The number of nitro benzene ring substituents is 1. The number of hydrogen-bond donors (Lipinski definition) is 1. The minimum absolute atomic E-state index is 0.0441. The zero-order valence-electron chi connectivity index (χ0n) is 12.8. The van der Waals surface area contributed by atoms with Crippen molar-refractivity contribution in [2.75, 3.05) is 6.61 Å². The predicted molar refractivity (Wildman–Crippen MR) is 85.8 cm³/mol. The molecule has 1 N–H and O–H groups in total. The molecule has 0 aliphatic carbocycles. The molecule has 0 bridgehead atoms. The standard InChI is InChI=1S/C17H18N2O4/c1-12(17-11-22-15-7-2-3-8-16(15)23-17)18-10-13-5-4-6-14(9-13)19(20)21/h2-9,12,17-18H,10-11H2,1H3/t12-,17-/m0/s1. The van der Waals surface area contributed by atoms with Crippen molar-refractivity contribution in [1.82, 2.24) is 5.32 Å². The zero-order valence-corrected chi connectivity index (χ0v) is 12.8. The molecule has 3 rings (SSSR count). The van der Waals surface area contributed by atoms with Gasteiger partial charge in [-0.2, -0.15) is 0 Å². The van der Waals surface area contributed by atoms with Crippen LogP contribution in [0.1, 0.15) is 12.5 Å². The van der Waals surface area contributed by atoms with E-state index in [0.717, 1.165) is 17.1 Å². The van der Waals surface area contributed by atoms with Crippen LogP contribution in [-0.4, -0.2) is 23.7 Å². The Morgan fingerprint density at radius 1 is 1.26 bits per heavy atom. The van der Waals surface area contributed by atoms with E-state index in [1.54, 1.807) is 12.1 Å². The maximum absolute atomic E-state index is 10.8.